The summed E-state index contributed by atoms with van der Waals surface area (Å²) in [5, 5.41) is 21.5. The van der Waals surface area contributed by atoms with Gasteiger partial charge in [0, 0.05) is 88.6 Å². The number of imide groups is 1. The summed E-state index contributed by atoms with van der Waals surface area (Å²) in [6, 6.07) is 20.2. The molecule has 2 fully saturated rings. The second-order valence-electron chi connectivity index (χ2n) is 15.6. The number of carbonyl (C=O) groups excluding carboxylic acids is 2. The van der Waals surface area contributed by atoms with Crippen molar-refractivity contribution in [3.8, 4) is 12.1 Å². The first kappa shape index (κ1) is 46.0. The Bertz CT molecular complexity index is 2420. The molecule has 2 aromatic heterocycles. The minimum absolute atomic E-state index is 0. The van der Waals surface area contributed by atoms with Crippen LogP contribution >= 0.6 is 0 Å². The number of aromatic nitrogens is 2. The summed E-state index contributed by atoms with van der Waals surface area (Å²) in [7, 11) is 0. The highest BCUT2D eigenvalue weighted by atomic mass is 16.2. The Kier molecular flexibility index (Phi) is 15.8. The van der Waals surface area contributed by atoms with E-state index in [4.69, 9.17) is 5.73 Å². The standard InChI is InChI=1S/C27H27N5O2.C19H25N5.H4N2.H2O/c1-18-14-23-24(15-19(18)2)29-17-20(16-28)25(23)31-9-5-8-30(10-12-31)11-13-32-26(33)21-6-3-4-7-22(21)27(32)34;1-14-10-17-18(11-15(14)2)22-13-16(12-21)19(17)24-6-3-5-23(7-4-20)8-9-24;1-2;/h3-4,6-7,14-15,17H,5,8-13H2,1-2H3;10-11,13H,3-9,20H2,1-2H3;1-2H2;1H2. The molecule has 61 heavy (non-hydrogen) atoms. The van der Waals surface area contributed by atoms with E-state index in [9.17, 15) is 20.1 Å². The number of pyridine rings is 2. The number of nitriles is 2. The molecule has 0 radical (unpaired) electrons. The Hall–Kier alpha value is -6.04. The van der Waals surface area contributed by atoms with Crippen molar-refractivity contribution in [2.45, 2.75) is 40.5 Å². The van der Waals surface area contributed by atoms with Crippen molar-refractivity contribution in [1.82, 2.24) is 24.7 Å². The molecule has 0 spiro atoms. The minimum atomic E-state index is -0.204. The van der Waals surface area contributed by atoms with Gasteiger partial charge in [0.15, 0.2) is 0 Å². The Labute approximate surface area is 358 Å². The molecule has 0 bridgehead atoms. The van der Waals surface area contributed by atoms with E-state index in [-0.39, 0.29) is 17.3 Å². The quantitative estimate of drug-likeness (QED) is 0.121. The topological polar surface area (TPSA) is 233 Å². The fourth-order valence-electron chi connectivity index (χ4n) is 8.42. The fourth-order valence-corrected chi connectivity index (χ4v) is 8.42. The molecule has 3 aromatic carbocycles. The maximum Gasteiger partial charge on any atom is 0.261 e. The Morgan fingerprint density at radius 3 is 1.46 bits per heavy atom. The van der Waals surface area contributed by atoms with Crippen molar-refractivity contribution in [3.05, 3.63) is 105 Å². The molecule has 320 valence electrons. The van der Waals surface area contributed by atoms with Crippen molar-refractivity contribution in [2.24, 2.45) is 17.4 Å². The zero-order chi connectivity index (χ0) is 42.9. The summed E-state index contributed by atoms with van der Waals surface area (Å²) in [5.41, 5.74) is 16.7. The van der Waals surface area contributed by atoms with Crippen LogP contribution in [0.1, 0.15) is 66.9 Å². The van der Waals surface area contributed by atoms with E-state index in [0.29, 0.717) is 41.9 Å². The second-order valence-corrected chi connectivity index (χ2v) is 15.6. The number of nitrogens with zero attached hydrogens (tertiary/aromatic N) is 9. The fraction of sp³-hybridized carbons (Fsp3) is 0.391. The smallest absolute Gasteiger partial charge is 0.261 e. The lowest BCUT2D eigenvalue weighted by atomic mass is 10.0. The zero-order valence-corrected chi connectivity index (χ0v) is 35.7. The molecule has 3 aliphatic heterocycles. The molecule has 2 saturated heterocycles. The number of amides is 2. The van der Waals surface area contributed by atoms with Gasteiger partial charge < -0.3 is 25.9 Å². The van der Waals surface area contributed by atoms with E-state index in [1.807, 2.05) is 0 Å². The number of benzene rings is 3. The van der Waals surface area contributed by atoms with Gasteiger partial charge in [-0.3, -0.25) is 41.0 Å². The van der Waals surface area contributed by atoms with Gasteiger partial charge in [0.1, 0.15) is 12.1 Å². The number of anilines is 2. The zero-order valence-electron chi connectivity index (χ0n) is 35.7. The van der Waals surface area contributed by atoms with Crippen LogP contribution in [0.5, 0.6) is 0 Å². The third kappa shape index (κ3) is 9.96. The van der Waals surface area contributed by atoms with Gasteiger partial charge in [0.25, 0.3) is 11.8 Å². The average Bonchev–Trinajstić information content (AvgIpc) is 3.50. The minimum Gasteiger partial charge on any atom is -0.412 e. The maximum absolute atomic E-state index is 12.7. The number of rotatable bonds is 7. The third-order valence-corrected chi connectivity index (χ3v) is 11.9. The van der Waals surface area contributed by atoms with Gasteiger partial charge in [-0.1, -0.05) is 12.1 Å². The van der Waals surface area contributed by atoms with E-state index in [2.05, 4.69) is 105 Å². The first-order valence-corrected chi connectivity index (χ1v) is 20.6. The molecule has 15 heteroatoms. The van der Waals surface area contributed by atoms with Gasteiger partial charge >= 0.3 is 0 Å². The van der Waals surface area contributed by atoms with Gasteiger partial charge in [-0.15, -0.1) is 0 Å². The Morgan fingerprint density at radius 1 is 0.607 bits per heavy atom. The molecule has 2 amide bonds. The molecule has 3 aliphatic rings. The molecule has 5 heterocycles. The Morgan fingerprint density at radius 2 is 1.03 bits per heavy atom. The molecule has 15 nitrogen and oxygen atoms in total. The summed E-state index contributed by atoms with van der Waals surface area (Å²) in [4.78, 5) is 45.1. The molecule has 5 aromatic rings. The van der Waals surface area contributed by atoms with E-state index in [1.54, 1.807) is 36.7 Å². The summed E-state index contributed by atoms with van der Waals surface area (Å²) in [6.07, 6.45) is 5.41. The predicted octanol–water partition coefficient (Wildman–Crippen LogP) is 3.72. The van der Waals surface area contributed by atoms with E-state index < -0.39 is 0 Å². The van der Waals surface area contributed by atoms with Crippen molar-refractivity contribution in [3.63, 3.8) is 0 Å². The first-order chi connectivity index (χ1) is 29.1. The van der Waals surface area contributed by atoms with Crippen LogP contribution < -0.4 is 27.2 Å². The van der Waals surface area contributed by atoms with Crippen molar-refractivity contribution >= 4 is 45.0 Å². The highest BCUT2D eigenvalue weighted by molar-refractivity contribution is 6.21. The second kappa shape index (κ2) is 21.0. The number of carbonyl (C=O) groups is 2. The van der Waals surface area contributed by atoms with Crippen molar-refractivity contribution in [1.29, 1.82) is 10.5 Å². The molecule has 0 saturated carbocycles. The average molecular weight is 827 g/mol. The highest BCUT2D eigenvalue weighted by Crippen LogP contribution is 2.33. The molecule has 0 aliphatic carbocycles. The molecule has 0 atom stereocenters. The van der Waals surface area contributed by atoms with E-state index >= 15 is 0 Å². The number of fused-ring (bicyclic) bond motifs is 3. The number of hydrazine groups is 1. The molecular formula is C46H58N12O3. The van der Waals surface area contributed by atoms with Crippen LogP contribution in [0.2, 0.25) is 0 Å². The lowest BCUT2D eigenvalue weighted by molar-refractivity contribution is 0.0637. The van der Waals surface area contributed by atoms with Crippen LogP contribution in [0.25, 0.3) is 21.8 Å². The molecule has 8 rings (SSSR count). The normalized spacial score (nSPS) is 15.7. The summed E-state index contributed by atoms with van der Waals surface area (Å²) < 4.78 is 0. The summed E-state index contributed by atoms with van der Waals surface area (Å²) in [5.74, 6) is 7.59. The molecular weight excluding hydrogens is 769 g/mol. The number of aryl methyl sites for hydroxylation is 4. The monoisotopic (exact) mass is 826 g/mol. The predicted molar refractivity (Wildman–Crippen MR) is 241 cm³/mol. The first-order valence-electron chi connectivity index (χ1n) is 20.6. The van der Waals surface area contributed by atoms with Gasteiger partial charge in [0.05, 0.1) is 44.7 Å². The summed E-state index contributed by atoms with van der Waals surface area (Å²) in [6.45, 7) is 18.2. The largest absolute Gasteiger partial charge is 0.412 e. The van der Waals surface area contributed by atoms with Crippen LogP contribution in [-0.2, 0) is 0 Å². The SMILES string of the molecule is Cc1cc2ncc(C#N)c(N3CCCN(CCN)CC3)c2cc1C.Cc1cc2ncc(C#N)c(N3CCCN(CCN4C(=O)c5ccccc5C4=O)CC3)c2cc1C.NN.O. The van der Waals surface area contributed by atoms with Crippen molar-refractivity contribution in [2.75, 3.05) is 88.3 Å². The third-order valence-electron chi connectivity index (χ3n) is 11.9. The van der Waals surface area contributed by atoms with Gasteiger partial charge in [0.2, 0.25) is 0 Å². The number of hydrogen-bond donors (Lipinski definition) is 3. The lowest BCUT2D eigenvalue weighted by Crippen LogP contribution is -2.39. The van der Waals surface area contributed by atoms with Crippen LogP contribution in [0.3, 0.4) is 0 Å². The lowest BCUT2D eigenvalue weighted by Gasteiger charge is -2.26. The summed E-state index contributed by atoms with van der Waals surface area (Å²) >= 11 is 0. The van der Waals surface area contributed by atoms with Crippen molar-refractivity contribution < 1.29 is 15.1 Å². The van der Waals surface area contributed by atoms with Gasteiger partial charge in [-0.25, -0.2) is 0 Å². The van der Waals surface area contributed by atoms with Crippen LogP contribution in [0, 0.1) is 50.4 Å². The van der Waals surface area contributed by atoms with Crippen LogP contribution in [0.15, 0.2) is 60.9 Å². The van der Waals surface area contributed by atoms with E-state index in [1.165, 1.54) is 27.2 Å². The Balaban J connectivity index is 0.000000230. The maximum atomic E-state index is 12.7. The van der Waals surface area contributed by atoms with Crippen LogP contribution in [-0.4, -0.2) is 120 Å². The van der Waals surface area contributed by atoms with E-state index in [0.717, 1.165) is 105 Å². The number of hydrogen-bond acceptors (Lipinski definition) is 13. The number of nitrogens with two attached hydrogens (primary N) is 3. The van der Waals surface area contributed by atoms with Gasteiger partial charge in [-0.05, 0) is 112 Å². The highest BCUT2D eigenvalue weighted by Gasteiger charge is 2.35. The van der Waals surface area contributed by atoms with Gasteiger partial charge in [-0.2, -0.15) is 10.5 Å². The van der Waals surface area contributed by atoms with Crippen LogP contribution in [0.4, 0.5) is 11.4 Å². The molecule has 8 N–H and O–H groups in total. The molecule has 0 unspecified atom stereocenters.